The average Bonchev–Trinajstić information content (AvgIpc) is 2.62. The van der Waals surface area contributed by atoms with Crippen molar-refractivity contribution in [3.63, 3.8) is 0 Å². The summed E-state index contributed by atoms with van der Waals surface area (Å²) in [4.78, 5) is 24.1. The number of piperazine rings is 1. The molecular formula is C17H19ClN4O3. The highest BCUT2D eigenvalue weighted by atomic mass is 35.5. The van der Waals surface area contributed by atoms with E-state index < -0.39 is 5.97 Å². The van der Waals surface area contributed by atoms with E-state index in [4.69, 9.17) is 21.4 Å². The summed E-state index contributed by atoms with van der Waals surface area (Å²) in [5.41, 5.74) is 1.13. The van der Waals surface area contributed by atoms with Gasteiger partial charge >= 0.3 is 5.97 Å². The van der Waals surface area contributed by atoms with Gasteiger partial charge in [0.25, 0.3) is 0 Å². The van der Waals surface area contributed by atoms with Crippen molar-refractivity contribution in [3.8, 4) is 5.88 Å². The third kappa shape index (κ3) is 4.18. The Balaban J connectivity index is 1.59. The molecule has 0 bridgehead atoms. The van der Waals surface area contributed by atoms with Crippen molar-refractivity contribution >= 4 is 23.5 Å². The van der Waals surface area contributed by atoms with Crippen LogP contribution in [0.25, 0.3) is 0 Å². The number of halogens is 1. The second kappa shape index (κ2) is 7.67. The number of aromatic carboxylic acids is 1. The Morgan fingerprint density at radius 1 is 1.28 bits per heavy atom. The molecule has 1 aliphatic heterocycles. The molecule has 1 aliphatic rings. The maximum Gasteiger partial charge on any atom is 0.337 e. The van der Waals surface area contributed by atoms with Gasteiger partial charge in [-0.3, -0.25) is 4.90 Å². The Morgan fingerprint density at radius 2 is 2.04 bits per heavy atom. The van der Waals surface area contributed by atoms with Crippen LogP contribution in [0.1, 0.15) is 15.9 Å². The number of hydrogen-bond donors (Lipinski definition) is 1. The predicted octanol–water partition coefficient (Wildman–Crippen LogP) is 2.16. The molecule has 1 aromatic heterocycles. The van der Waals surface area contributed by atoms with Crippen LogP contribution in [0.5, 0.6) is 5.88 Å². The van der Waals surface area contributed by atoms with E-state index in [1.165, 1.54) is 0 Å². The van der Waals surface area contributed by atoms with Gasteiger partial charge in [0.2, 0.25) is 11.8 Å². The van der Waals surface area contributed by atoms with E-state index in [0.717, 1.165) is 38.3 Å². The van der Waals surface area contributed by atoms with Gasteiger partial charge < -0.3 is 14.7 Å². The minimum absolute atomic E-state index is 0.130. The quantitative estimate of drug-likeness (QED) is 0.873. The Bertz CT molecular complexity index is 763. The molecule has 0 saturated carbocycles. The number of carboxylic acids is 1. The van der Waals surface area contributed by atoms with E-state index in [1.54, 1.807) is 31.5 Å². The lowest BCUT2D eigenvalue weighted by Gasteiger charge is -2.34. The number of ether oxygens (including phenoxy) is 1. The normalized spacial score (nSPS) is 15.2. The maximum absolute atomic E-state index is 11.0. The fourth-order valence-corrected chi connectivity index (χ4v) is 3.08. The van der Waals surface area contributed by atoms with Gasteiger partial charge in [-0.15, -0.1) is 0 Å². The standard InChI is InChI=1S/C17H19ClN4O3/c1-25-15-4-5-19-17(20-15)22-8-6-21(7-9-22)11-12-2-3-13(16(23)24)14(18)10-12/h2-5,10H,6-9,11H2,1H3,(H,23,24). The second-order valence-corrected chi connectivity index (χ2v) is 6.19. The molecule has 1 saturated heterocycles. The van der Waals surface area contributed by atoms with Gasteiger partial charge in [-0.25, -0.2) is 9.78 Å². The summed E-state index contributed by atoms with van der Waals surface area (Å²) in [7, 11) is 1.59. The lowest BCUT2D eigenvalue weighted by atomic mass is 10.1. The first-order valence-corrected chi connectivity index (χ1v) is 8.30. The van der Waals surface area contributed by atoms with Gasteiger partial charge in [0.1, 0.15) is 0 Å². The highest BCUT2D eigenvalue weighted by Gasteiger charge is 2.20. The van der Waals surface area contributed by atoms with Crippen molar-refractivity contribution in [2.24, 2.45) is 0 Å². The van der Waals surface area contributed by atoms with Crippen LogP contribution in [-0.4, -0.2) is 59.2 Å². The number of benzene rings is 1. The minimum Gasteiger partial charge on any atom is -0.481 e. The van der Waals surface area contributed by atoms with Crippen LogP contribution < -0.4 is 9.64 Å². The zero-order valence-corrected chi connectivity index (χ0v) is 14.6. The fourth-order valence-electron chi connectivity index (χ4n) is 2.79. The summed E-state index contributed by atoms with van der Waals surface area (Å²) in [6, 6.07) is 6.82. The molecule has 0 unspecified atom stereocenters. The summed E-state index contributed by atoms with van der Waals surface area (Å²) in [5, 5.41) is 9.30. The molecule has 1 fully saturated rings. The van der Waals surface area contributed by atoms with Crippen molar-refractivity contribution in [1.29, 1.82) is 0 Å². The van der Waals surface area contributed by atoms with Crippen molar-refractivity contribution in [2.45, 2.75) is 6.54 Å². The first kappa shape index (κ1) is 17.4. The third-order valence-electron chi connectivity index (χ3n) is 4.15. The van der Waals surface area contributed by atoms with Crippen LogP contribution in [0.2, 0.25) is 5.02 Å². The van der Waals surface area contributed by atoms with Crippen LogP contribution >= 0.6 is 11.6 Å². The van der Waals surface area contributed by atoms with Gasteiger partial charge in [-0.05, 0) is 17.7 Å². The monoisotopic (exact) mass is 362 g/mol. The van der Waals surface area contributed by atoms with Crippen molar-refractivity contribution < 1.29 is 14.6 Å². The number of methoxy groups -OCH3 is 1. The molecule has 0 amide bonds. The zero-order valence-electron chi connectivity index (χ0n) is 13.9. The lowest BCUT2D eigenvalue weighted by molar-refractivity contribution is 0.0697. The van der Waals surface area contributed by atoms with Crippen LogP contribution in [0.3, 0.4) is 0 Å². The molecule has 8 heteroatoms. The van der Waals surface area contributed by atoms with E-state index in [2.05, 4.69) is 19.8 Å². The fraction of sp³-hybridized carbons (Fsp3) is 0.353. The van der Waals surface area contributed by atoms with Crippen LogP contribution in [0.4, 0.5) is 5.95 Å². The molecule has 1 N–H and O–H groups in total. The van der Waals surface area contributed by atoms with E-state index in [0.29, 0.717) is 11.8 Å². The summed E-state index contributed by atoms with van der Waals surface area (Å²) >= 11 is 6.04. The molecule has 0 spiro atoms. The van der Waals surface area contributed by atoms with Crippen LogP contribution in [-0.2, 0) is 6.54 Å². The number of anilines is 1. The summed E-state index contributed by atoms with van der Waals surface area (Å²) in [6.07, 6.45) is 1.69. The maximum atomic E-state index is 11.0. The van der Waals surface area contributed by atoms with Crippen LogP contribution in [0.15, 0.2) is 30.5 Å². The highest BCUT2D eigenvalue weighted by molar-refractivity contribution is 6.33. The second-order valence-electron chi connectivity index (χ2n) is 5.78. The topological polar surface area (TPSA) is 78.8 Å². The van der Waals surface area contributed by atoms with Crippen molar-refractivity contribution in [1.82, 2.24) is 14.9 Å². The Kier molecular flexibility index (Phi) is 5.35. The predicted molar refractivity (Wildman–Crippen MR) is 94.5 cm³/mol. The zero-order chi connectivity index (χ0) is 17.8. The van der Waals surface area contributed by atoms with Gasteiger partial charge in [0, 0.05) is 45.0 Å². The molecule has 0 atom stereocenters. The first-order valence-electron chi connectivity index (χ1n) is 7.93. The SMILES string of the molecule is COc1ccnc(N2CCN(Cc3ccc(C(=O)O)c(Cl)c3)CC2)n1. The summed E-state index contributed by atoms with van der Waals surface area (Å²) in [5.74, 6) is 0.219. The largest absolute Gasteiger partial charge is 0.481 e. The van der Waals surface area contributed by atoms with Crippen molar-refractivity contribution in [2.75, 3.05) is 38.2 Å². The van der Waals surface area contributed by atoms with E-state index >= 15 is 0 Å². The number of nitrogens with zero attached hydrogens (tertiary/aromatic N) is 4. The average molecular weight is 363 g/mol. The molecule has 1 aromatic carbocycles. The molecule has 0 aliphatic carbocycles. The molecule has 2 aromatic rings. The Labute approximate surface area is 150 Å². The van der Waals surface area contributed by atoms with E-state index in [-0.39, 0.29) is 10.6 Å². The molecule has 3 rings (SSSR count). The molecule has 7 nitrogen and oxygen atoms in total. The number of aromatic nitrogens is 2. The van der Waals surface area contributed by atoms with E-state index in [1.807, 2.05) is 6.07 Å². The highest BCUT2D eigenvalue weighted by Crippen LogP contribution is 2.20. The van der Waals surface area contributed by atoms with Gasteiger partial charge in [0.05, 0.1) is 17.7 Å². The molecule has 2 heterocycles. The third-order valence-corrected chi connectivity index (χ3v) is 4.46. The summed E-state index contributed by atoms with van der Waals surface area (Å²) in [6.45, 7) is 4.08. The number of rotatable bonds is 5. The van der Waals surface area contributed by atoms with Gasteiger partial charge in [-0.1, -0.05) is 17.7 Å². The van der Waals surface area contributed by atoms with E-state index in [9.17, 15) is 4.79 Å². The summed E-state index contributed by atoms with van der Waals surface area (Å²) < 4.78 is 5.14. The number of carbonyl (C=O) groups is 1. The molecule has 25 heavy (non-hydrogen) atoms. The smallest absolute Gasteiger partial charge is 0.337 e. The van der Waals surface area contributed by atoms with Crippen molar-refractivity contribution in [3.05, 3.63) is 46.6 Å². The molecular weight excluding hydrogens is 344 g/mol. The Hall–Kier alpha value is -2.38. The Morgan fingerprint density at radius 3 is 2.68 bits per heavy atom. The number of carboxylic acid groups (broad SMARTS) is 1. The van der Waals surface area contributed by atoms with Gasteiger partial charge in [-0.2, -0.15) is 4.98 Å². The van der Waals surface area contributed by atoms with Crippen LogP contribution in [0, 0.1) is 0 Å². The minimum atomic E-state index is -1.01. The van der Waals surface area contributed by atoms with Gasteiger partial charge in [0.15, 0.2) is 0 Å². The molecule has 0 radical (unpaired) electrons. The first-order chi connectivity index (χ1) is 12.1. The molecule has 132 valence electrons. The number of hydrogen-bond acceptors (Lipinski definition) is 6. The lowest BCUT2D eigenvalue weighted by Crippen LogP contribution is -2.46.